The third kappa shape index (κ3) is 2.01. The average molecular weight is 237 g/mol. The van der Waals surface area contributed by atoms with Gasteiger partial charge in [0.2, 0.25) is 11.8 Å². The van der Waals surface area contributed by atoms with E-state index in [-0.39, 0.29) is 41.9 Å². The highest BCUT2D eigenvalue weighted by atomic mass is 16.2. The molecule has 0 N–H and O–H groups in total. The SMILES string of the molecule is CCC(C)C(=O)CN1C(=O)C2CCCC2C1=O. The molecule has 0 aromatic rings. The van der Waals surface area contributed by atoms with Gasteiger partial charge < -0.3 is 0 Å². The van der Waals surface area contributed by atoms with Gasteiger partial charge in [0.15, 0.2) is 5.78 Å². The number of Topliss-reactive ketones (excluding diaryl/α,β-unsaturated/α-hetero) is 1. The van der Waals surface area contributed by atoms with E-state index in [4.69, 9.17) is 0 Å². The summed E-state index contributed by atoms with van der Waals surface area (Å²) in [7, 11) is 0. The van der Waals surface area contributed by atoms with Crippen LogP contribution in [0.5, 0.6) is 0 Å². The number of nitrogens with zero attached hydrogens (tertiary/aromatic N) is 1. The first-order chi connectivity index (χ1) is 8.06. The van der Waals surface area contributed by atoms with Gasteiger partial charge in [-0.25, -0.2) is 0 Å². The van der Waals surface area contributed by atoms with Crippen molar-refractivity contribution in [1.29, 1.82) is 0 Å². The monoisotopic (exact) mass is 237 g/mol. The van der Waals surface area contributed by atoms with Crippen LogP contribution in [0.2, 0.25) is 0 Å². The van der Waals surface area contributed by atoms with Gasteiger partial charge >= 0.3 is 0 Å². The van der Waals surface area contributed by atoms with E-state index in [2.05, 4.69) is 0 Å². The van der Waals surface area contributed by atoms with Crippen molar-refractivity contribution in [3.05, 3.63) is 0 Å². The largest absolute Gasteiger partial charge is 0.297 e. The predicted molar refractivity (Wildman–Crippen MR) is 62.0 cm³/mol. The fourth-order valence-electron chi connectivity index (χ4n) is 2.76. The molecule has 94 valence electrons. The lowest BCUT2D eigenvalue weighted by Crippen LogP contribution is -2.38. The maximum atomic E-state index is 12.0. The lowest BCUT2D eigenvalue weighted by Gasteiger charge is -2.17. The van der Waals surface area contributed by atoms with Crippen LogP contribution in [0.25, 0.3) is 0 Å². The molecule has 2 fully saturated rings. The number of fused-ring (bicyclic) bond motifs is 1. The Morgan fingerprint density at radius 2 is 1.82 bits per heavy atom. The normalized spacial score (nSPS) is 29.6. The highest BCUT2D eigenvalue weighted by Gasteiger charge is 2.49. The molecule has 1 saturated heterocycles. The summed E-state index contributed by atoms with van der Waals surface area (Å²) >= 11 is 0. The molecule has 1 saturated carbocycles. The molecule has 0 bridgehead atoms. The fourth-order valence-corrected chi connectivity index (χ4v) is 2.76. The van der Waals surface area contributed by atoms with Crippen LogP contribution in [-0.2, 0) is 14.4 Å². The second kappa shape index (κ2) is 4.59. The Bertz CT molecular complexity index is 342. The summed E-state index contributed by atoms with van der Waals surface area (Å²) in [5, 5.41) is 0. The Labute approximate surface area is 101 Å². The Balaban J connectivity index is 2.05. The fraction of sp³-hybridized carbons (Fsp3) is 0.769. The zero-order valence-electron chi connectivity index (χ0n) is 10.4. The standard InChI is InChI=1S/C13H19NO3/c1-3-8(2)11(15)7-14-12(16)9-5-4-6-10(9)13(14)17/h8-10H,3-7H2,1-2H3. The average Bonchev–Trinajstić information content (AvgIpc) is 2.88. The van der Waals surface area contributed by atoms with Gasteiger partial charge in [0.05, 0.1) is 18.4 Å². The third-order valence-corrected chi connectivity index (χ3v) is 4.16. The van der Waals surface area contributed by atoms with Crippen LogP contribution >= 0.6 is 0 Å². The van der Waals surface area contributed by atoms with Crippen molar-refractivity contribution >= 4 is 17.6 Å². The Morgan fingerprint density at radius 1 is 1.29 bits per heavy atom. The van der Waals surface area contributed by atoms with Gasteiger partial charge in [-0.1, -0.05) is 20.3 Å². The molecule has 4 heteroatoms. The minimum Gasteiger partial charge on any atom is -0.297 e. The van der Waals surface area contributed by atoms with E-state index >= 15 is 0 Å². The molecular formula is C13H19NO3. The van der Waals surface area contributed by atoms with Crippen molar-refractivity contribution in [3.63, 3.8) is 0 Å². The summed E-state index contributed by atoms with van der Waals surface area (Å²) in [5.74, 6) is -0.576. The zero-order chi connectivity index (χ0) is 12.6. The summed E-state index contributed by atoms with van der Waals surface area (Å²) < 4.78 is 0. The van der Waals surface area contributed by atoms with Crippen molar-refractivity contribution in [1.82, 2.24) is 4.90 Å². The molecule has 17 heavy (non-hydrogen) atoms. The first-order valence-corrected chi connectivity index (χ1v) is 6.44. The van der Waals surface area contributed by atoms with Crippen molar-refractivity contribution in [3.8, 4) is 0 Å². The maximum absolute atomic E-state index is 12.0. The van der Waals surface area contributed by atoms with Crippen molar-refractivity contribution < 1.29 is 14.4 Å². The minimum atomic E-state index is -0.132. The first kappa shape index (κ1) is 12.3. The molecule has 2 amide bonds. The summed E-state index contributed by atoms with van der Waals surface area (Å²) in [6.45, 7) is 3.76. The number of amides is 2. The molecule has 0 spiro atoms. The number of rotatable bonds is 4. The van der Waals surface area contributed by atoms with Crippen LogP contribution in [0.1, 0.15) is 39.5 Å². The van der Waals surface area contributed by atoms with Crippen LogP contribution in [0.15, 0.2) is 0 Å². The molecule has 1 heterocycles. The third-order valence-electron chi connectivity index (χ3n) is 4.16. The number of carbonyl (C=O) groups is 3. The Kier molecular flexibility index (Phi) is 3.31. The number of hydrogen-bond donors (Lipinski definition) is 0. The van der Waals surface area contributed by atoms with E-state index in [0.29, 0.717) is 0 Å². The van der Waals surface area contributed by atoms with E-state index < -0.39 is 0 Å². The smallest absolute Gasteiger partial charge is 0.233 e. The number of carbonyl (C=O) groups excluding carboxylic acids is 3. The van der Waals surface area contributed by atoms with Gasteiger partial charge in [-0.15, -0.1) is 0 Å². The topological polar surface area (TPSA) is 54.5 Å². The second-order valence-electron chi connectivity index (χ2n) is 5.18. The molecule has 2 rings (SSSR count). The van der Waals surface area contributed by atoms with Crippen LogP contribution in [-0.4, -0.2) is 29.0 Å². The Hall–Kier alpha value is -1.19. The van der Waals surface area contributed by atoms with Crippen molar-refractivity contribution in [2.75, 3.05) is 6.54 Å². The van der Waals surface area contributed by atoms with Gasteiger partial charge in [-0.05, 0) is 19.3 Å². The summed E-state index contributed by atoms with van der Waals surface area (Å²) in [6.07, 6.45) is 3.33. The van der Waals surface area contributed by atoms with Gasteiger partial charge in [-0.2, -0.15) is 0 Å². The van der Waals surface area contributed by atoms with E-state index in [9.17, 15) is 14.4 Å². The van der Waals surface area contributed by atoms with Crippen molar-refractivity contribution in [2.24, 2.45) is 17.8 Å². The van der Waals surface area contributed by atoms with Gasteiger partial charge in [0.25, 0.3) is 0 Å². The molecule has 3 unspecified atom stereocenters. The van der Waals surface area contributed by atoms with Gasteiger partial charge in [0, 0.05) is 5.92 Å². The van der Waals surface area contributed by atoms with E-state index in [1.54, 1.807) is 0 Å². The summed E-state index contributed by atoms with van der Waals surface area (Å²) in [4.78, 5) is 37.0. The van der Waals surface area contributed by atoms with Crippen LogP contribution in [0.4, 0.5) is 0 Å². The molecule has 1 aliphatic heterocycles. The van der Waals surface area contributed by atoms with Crippen LogP contribution < -0.4 is 0 Å². The van der Waals surface area contributed by atoms with E-state index in [0.717, 1.165) is 25.7 Å². The molecule has 0 radical (unpaired) electrons. The lowest BCUT2D eigenvalue weighted by molar-refractivity contribution is -0.144. The highest BCUT2D eigenvalue weighted by Crippen LogP contribution is 2.39. The van der Waals surface area contributed by atoms with Crippen LogP contribution in [0.3, 0.4) is 0 Å². The molecule has 4 nitrogen and oxygen atoms in total. The summed E-state index contributed by atoms with van der Waals surface area (Å²) in [6, 6.07) is 0. The maximum Gasteiger partial charge on any atom is 0.233 e. The number of likely N-dealkylation sites (tertiary alicyclic amines) is 1. The quantitative estimate of drug-likeness (QED) is 0.694. The number of imide groups is 1. The van der Waals surface area contributed by atoms with E-state index in [1.165, 1.54) is 4.90 Å². The molecule has 0 aromatic heterocycles. The first-order valence-electron chi connectivity index (χ1n) is 6.44. The number of hydrogen-bond acceptors (Lipinski definition) is 3. The summed E-state index contributed by atoms with van der Waals surface area (Å²) in [5.41, 5.74) is 0. The molecule has 2 aliphatic rings. The van der Waals surface area contributed by atoms with Gasteiger partial charge in [-0.3, -0.25) is 19.3 Å². The molecule has 0 aromatic carbocycles. The molecule has 3 atom stereocenters. The highest BCUT2D eigenvalue weighted by molar-refractivity contribution is 6.07. The van der Waals surface area contributed by atoms with Crippen molar-refractivity contribution in [2.45, 2.75) is 39.5 Å². The second-order valence-corrected chi connectivity index (χ2v) is 5.18. The Morgan fingerprint density at radius 3 is 2.29 bits per heavy atom. The zero-order valence-corrected chi connectivity index (χ0v) is 10.4. The van der Waals surface area contributed by atoms with E-state index in [1.807, 2.05) is 13.8 Å². The van der Waals surface area contributed by atoms with Crippen LogP contribution in [0, 0.1) is 17.8 Å². The predicted octanol–water partition coefficient (Wildman–Crippen LogP) is 1.39. The molecular weight excluding hydrogens is 218 g/mol. The number of ketones is 1. The van der Waals surface area contributed by atoms with Gasteiger partial charge in [0.1, 0.15) is 0 Å². The minimum absolute atomic E-state index is 0.00539. The molecule has 1 aliphatic carbocycles. The lowest BCUT2D eigenvalue weighted by atomic mass is 10.00.